The van der Waals surface area contributed by atoms with E-state index in [1.807, 2.05) is 13.8 Å². The summed E-state index contributed by atoms with van der Waals surface area (Å²) in [6.45, 7) is 4.39. The average Bonchev–Trinajstić information content (AvgIpc) is 3.29. The molecule has 10 heteroatoms. The first-order valence-electron chi connectivity index (χ1n) is 9.41. The van der Waals surface area contributed by atoms with Gasteiger partial charge in [0.15, 0.2) is 0 Å². The number of urea groups is 1. The number of rotatable bonds is 5. The minimum absolute atomic E-state index is 0.0607. The van der Waals surface area contributed by atoms with E-state index in [0.29, 0.717) is 24.3 Å². The Morgan fingerprint density at radius 1 is 1.23 bits per heavy atom. The second-order valence-electron chi connectivity index (χ2n) is 7.25. The zero-order valence-electron chi connectivity index (χ0n) is 16.2. The summed E-state index contributed by atoms with van der Waals surface area (Å²) in [7, 11) is 0. The number of amides is 3. The number of imide groups is 1. The van der Waals surface area contributed by atoms with Crippen LogP contribution in [0.5, 0.6) is 5.75 Å². The molecule has 7 nitrogen and oxygen atoms in total. The molecule has 1 aromatic heterocycles. The van der Waals surface area contributed by atoms with E-state index in [9.17, 15) is 22.8 Å². The summed E-state index contributed by atoms with van der Waals surface area (Å²) in [5.74, 6) is -0.890. The number of hydrogen-bond acceptors (Lipinski definition) is 5. The van der Waals surface area contributed by atoms with Crippen molar-refractivity contribution < 1.29 is 27.5 Å². The van der Waals surface area contributed by atoms with E-state index < -0.39 is 29.6 Å². The molecular weight excluding hydrogens is 401 g/mol. The summed E-state index contributed by atoms with van der Waals surface area (Å²) in [5.41, 5.74) is 0.327. The molecule has 1 aromatic carbocycles. The van der Waals surface area contributed by atoms with Crippen molar-refractivity contribution in [3.8, 4) is 5.75 Å². The number of hydrogen-bond donors (Lipinski definition) is 1. The Bertz CT molecular complexity index is 996. The van der Waals surface area contributed by atoms with Gasteiger partial charge in [0.25, 0.3) is 5.91 Å². The quantitative estimate of drug-likeness (QED) is 0.735. The first-order valence-corrected chi connectivity index (χ1v) is 9.41. The molecule has 30 heavy (non-hydrogen) atoms. The van der Waals surface area contributed by atoms with Crippen molar-refractivity contribution in [2.24, 2.45) is 5.92 Å². The molecule has 1 saturated heterocycles. The number of ether oxygens (including phenoxy) is 1. The highest BCUT2D eigenvalue weighted by Crippen LogP contribution is 2.56. The SMILES string of the molecule is CCNc1cnccc1N1C(=O)N(c2ccc(OC(F)(F)F)cc2)C(=O)C12CC2C. The maximum absolute atomic E-state index is 13.4. The molecule has 4 rings (SSSR count). The Balaban J connectivity index is 1.71. The van der Waals surface area contributed by atoms with Gasteiger partial charge in [-0.15, -0.1) is 13.2 Å². The van der Waals surface area contributed by atoms with Gasteiger partial charge in [-0.2, -0.15) is 0 Å². The third-order valence-corrected chi connectivity index (χ3v) is 5.36. The smallest absolute Gasteiger partial charge is 0.406 e. The van der Waals surface area contributed by atoms with Crippen LogP contribution in [0.2, 0.25) is 0 Å². The topological polar surface area (TPSA) is 74.8 Å². The molecule has 2 atom stereocenters. The normalized spacial score (nSPS) is 23.3. The number of aromatic nitrogens is 1. The number of benzene rings is 1. The minimum atomic E-state index is -4.82. The van der Waals surface area contributed by atoms with E-state index in [0.717, 1.165) is 17.0 Å². The van der Waals surface area contributed by atoms with Gasteiger partial charge in [-0.1, -0.05) is 6.92 Å². The molecule has 2 unspecified atom stereocenters. The summed E-state index contributed by atoms with van der Waals surface area (Å²) < 4.78 is 41.1. The summed E-state index contributed by atoms with van der Waals surface area (Å²) in [6.07, 6.45) is -1.20. The lowest BCUT2D eigenvalue weighted by molar-refractivity contribution is -0.274. The van der Waals surface area contributed by atoms with Crippen LogP contribution in [-0.2, 0) is 4.79 Å². The highest BCUT2D eigenvalue weighted by atomic mass is 19.4. The van der Waals surface area contributed by atoms with Crippen LogP contribution in [0.3, 0.4) is 0 Å². The lowest BCUT2D eigenvalue weighted by Gasteiger charge is -2.24. The largest absolute Gasteiger partial charge is 0.573 e. The van der Waals surface area contributed by atoms with E-state index in [-0.39, 0.29) is 11.6 Å². The number of carbonyl (C=O) groups excluding carboxylic acids is 2. The van der Waals surface area contributed by atoms with Crippen LogP contribution in [0.25, 0.3) is 0 Å². The number of halogens is 3. The molecule has 2 fully saturated rings. The second-order valence-corrected chi connectivity index (χ2v) is 7.25. The van der Waals surface area contributed by atoms with Crippen LogP contribution in [0.1, 0.15) is 20.3 Å². The maximum Gasteiger partial charge on any atom is 0.573 e. The number of pyridine rings is 1. The predicted molar refractivity (Wildman–Crippen MR) is 103 cm³/mol. The van der Waals surface area contributed by atoms with Gasteiger partial charge in [0.05, 0.1) is 23.3 Å². The van der Waals surface area contributed by atoms with E-state index in [1.165, 1.54) is 17.0 Å². The van der Waals surface area contributed by atoms with Crippen molar-refractivity contribution in [3.05, 3.63) is 42.7 Å². The van der Waals surface area contributed by atoms with Crippen LogP contribution in [0, 0.1) is 5.92 Å². The van der Waals surface area contributed by atoms with Gasteiger partial charge in [0.1, 0.15) is 11.3 Å². The molecule has 2 aromatic rings. The predicted octanol–water partition coefficient (Wildman–Crippen LogP) is 4.16. The van der Waals surface area contributed by atoms with Gasteiger partial charge in [-0.25, -0.2) is 9.69 Å². The lowest BCUT2D eigenvalue weighted by atomic mass is 10.1. The molecule has 1 aliphatic heterocycles. The molecule has 0 bridgehead atoms. The Hall–Kier alpha value is -3.30. The summed E-state index contributed by atoms with van der Waals surface area (Å²) in [5, 5.41) is 3.14. The Labute approximate surface area is 170 Å². The zero-order chi connectivity index (χ0) is 21.7. The summed E-state index contributed by atoms with van der Waals surface area (Å²) >= 11 is 0. The summed E-state index contributed by atoms with van der Waals surface area (Å²) in [6, 6.07) is 5.79. The van der Waals surface area contributed by atoms with Crippen molar-refractivity contribution in [1.82, 2.24) is 4.98 Å². The van der Waals surface area contributed by atoms with Crippen LogP contribution in [-0.4, -0.2) is 35.4 Å². The molecule has 2 aliphatic rings. The number of carbonyl (C=O) groups is 2. The van der Waals surface area contributed by atoms with Crippen molar-refractivity contribution in [2.45, 2.75) is 32.2 Å². The maximum atomic E-state index is 13.4. The molecule has 1 spiro atoms. The van der Waals surface area contributed by atoms with Gasteiger partial charge >= 0.3 is 12.4 Å². The Kier molecular flexibility index (Phi) is 4.59. The Morgan fingerprint density at radius 3 is 2.47 bits per heavy atom. The highest BCUT2D eigenvalue weighted by Gasteiger charge is 2.70. The monoisotopic (exact) mass is 420 g/mol. The van der Waals surface area contributed by atoms with Crippen LogP contribution in [0.4, 0.5) is 35.0 Å². The molecular formula is C20H19F3N4O3. The van der Waals surface area contributed by atoms with Crippen LogP contribution in [0.15, 0.2) is 42.7 Å². The molecule has 1 N–H and O–H groups in total. The zero-order valence-corrected chi connectivity index (χ0v) is 16.2. The molecule has 2 heterocycles. The standard InChI is InChI=1S/C20H19F3N4O3/c1-3-25-15-11-24-9-8-16(15)27-18(29)26(17(28)19(27)10-12(19)2)13-4-6-14(7-5-13)30-20(21,22)23/h4-9,11-12,25H,3,10H2,1-2H3. The first-order chi connectivity index (χ1) is 14.2. The minimum Gasteiger partial charge on any atom is -0.406 e. The third kappa shape index (κ3) is 3.12. The number of alkyl halides is 3. The molecule has 0 radical (unpaired) electrons. The molecule has 158 valence electrons. The van der Waals surface area contributed by atoms with Crippen molar-refractivity contribution in [2.75, 3.05) is 21.7 Å². The fraction of sp³-hybridized carbons (Fsp3) is 0.350. The average molecular weight is 420 g/mol. The molecule has 1 aliphatic carbocycles. The fourth-order valence-electron chi connectivity index (χ4n) is 3.92. The number of nitrogens with one attached hydrogen (secondary N) is 1. The van der Waals surface area contributed by atoms with Gasteiger partial charge in [-0.05, 0) is 49.6 Å². The second kappa shape index (κ2) is 6.89. The van der Waals surface area contributed by atoms with Gasteiger partial charge in [0, 0.05) is 12.7 Å². The van der Waals surface area contributed by atoms with Crippen molar-refractivity contribution >= 4 is 29.0 Å². The van der Waals surface area contributed by atoms with E-state index >= 15 is 0 Å². The van der Waals surface area contributed by atoms with Crippen molar-refractivity contribution in [1.29, 1.82) is 0 Å². The van der Waals surface area contributed by atoms with E-state index in [2.05, 4.69) is 15.0 Å². The molecule has 1 saturated carbocycles. The third-order valence-electron chi connectivity index (χ3n) is 5.36. The highest BCUT2D eigenvalue weighted by molar-refractivity contribution is 6.32. The first kappa shape index (κ1) is 20.0. The van der Waals surface area contributed by atoms with Gasteiger partial charge in [0.2, 0.25) is 0 Å². The number of nitrogens with zero attached hydrogens (tertiary/aromatic N) is 3. The van der Waals surface area contributed by atoms with Crippen LogP contribution >= 0.6 is 0 Å². The summed E-state index contributed by atoms with van der Waals surface area (Å²) in [4.78, 5) is 33.2. The van der Waals surface area contributed by atoms with Gasteiger partial charge < -0.3 is 10.1 Å². The van der Waals surface area contributed by atoms with Crippen molar-refractivity contribution in [3.63, 3.8) is 0 Å². The fourth-order valence-corrected chi connectivity index (χ4v) is 3.92. The number of anilines is 3. The van der Waals surface area contributed by atoms with E-state index in [4.69, 9.17) is 0 Å². The molecule has 3 amide bonds. The Morgan fingerprint density at radius 2 is 1.90 bits per heavy atom. The van der Waals surface area contributed by atoms with Crippen LogP contribution < -0.4 is 19.9 Å². The van der Waals surface area contributed by atoms with E-state index in [1.54, 1.807) is 18.5 Å². The lowest BCUT2D eigenvalue weighted by Crippen LogP contribution is -2.39. The van der Waals surface area contributed by atoms with Gasteiger partial charge in [-0.3, -0.25) is 14.7 Å².